The van der Waals surface area contributed by atoms with E-state index in [-0.39, 0.29) is 18.0 Å². The fraction of sp³-hybridized carbons (Fsp3) is 0.273. The minimum atomic E-state index is -0.872. The zero-order chi connectivity index (χ0) is 11.6. The molecule has 0 saturated carbocycles. The standard InChI is InChI=1S/C11H13F2NO.ClH/c1-6(2)5-9(14)10-7(12)3-4-8(13)11(10)15;/h3-4,9,15H,1,5,14H2,2H3;1H/t9-;/m1./s1. The number of hydrogen-bond donors (Lipinski definition) is 2. The van der Waals surface area contributed by atoms with E-state index in [9.17, 15) is 13.9 Å². The van der Waals surface area contributed by atoms with Crippen molar-refractivity contribution in [2.75, 3.05) is 0 Å². The lowest BCUT2D eigenvalue weighted by molar-refractivity contribution is 0.410. The first-order chi connectivity index (χ1) is 6.93. The Balaban J connectivity index is 0.00000225. The summed E-state index contributed by atoms with van der Waals surface area (Å²) in [5.74, 6) is -2.30. The van der Waals surface area contributed by atoms with Crippen LogP contribution in [-0.4, -0.2) is 5.11 Å². The molecule has 0 radical (unpaired) electrons. The van der Waals surface area contributed by atoms with Gasteiger partial charge in [-0.3, -0.25) is 0 Å². The van der Waals surface area contributed by atoms with Crippen LogP contribution in [0.4, 0.5) is 8.78 Å². The van der Waals surface area contributed by atoms with E-state index in [0.717, 1.165) is 17.7 Å². The van der Waals surface area contributed by atoms with E-state index in [0.29, 0.717) is 6.42 Å². The molecule has 1 aromatic rings. The molecular weight excluding hydrogens is 236 g/mol. The highest BCUT2D eigenvalue weighted by Crippen LogP contribution is 2.31. The van der Waals surface area contributed by atoms with Gasteiger partial charge in [-0.25, -0.2) is 8.78 Å². The van der Waals surface area contributed by atoms with Crippen molar-refractivity contribution >= 4 is 12.4 Å². The number of aromatic hydroxyl groups is 1. The molecule has 16 heavy (non-hydrogen) atoms. The number of nitrogens with two attached hydrogens (primary N) is 1. The molecule has 90 valence electrons. The molecule has 1 rings (SSSR count). The second kappa shape index (κ2) is 5.82. The van der Waals surface area contributed by atoms with Crippen LogP contribution < -0.4 is 5.73 Å². The Labute approximate surface area is 99.2 Å². The van der Waals surface area contributed by atoms with Crippen LogP contribution in [0.3, 0.4) is 0 Å². The van der Waals surface area contributed by atoms with Gasteiger partial charge in [0.1, 0.15) is 5.82 Å². The van der Waals surface area contributed by atoms with Gasteiger partial charge >= 0.3 is 0 Å². The molecule has 1 aromatic carbocycles. The summed E-state index contributed by atoms with van der Waals surface area (Å²) in [6, 6.07) is 1.03. The fourth-order valence-electron chi connectivity index (χ4n) is 1.39. The minimum absolute atomic E-state index is 0. The number of halogens is 3. The maximum absolute atomic E-state index is 13.3. The summed E-state index contributed by atoms with van der Waals surface area (Å²) >= 11 is 0. The van der Waals surface area contributed by atoms with Crippen molar-refractivity contribution in [1.82, 2.24) is 0 Å². The van der Waals surface area contributed by atoms with E-state index in [1.807, 2.05) is 0 Å². The van der Waals surface area contributed by atoms with Crippen LogP contribution >= 0.6 is 12.4 Å². The number of rotatable bonds is 3. The van der Waals surface area contributed by atoms with Gasteiger partial charge in [0.05, 0.1) is 0 Å². The van der Waals surface area contributed by atoms with Crippen molar-refractivity contribution in [2.45, 2.75) is 19.4 Å². The predicted molar refractivity (Wildman–Crippen MR) is 61.6 cm³/mol. The van der Waals surface area contributed by atoms with Crippen LogP contribution in [0.15, 0.2) is 24.3 Å². The Morgan fingerprint density at radius 2 is 1.94 bits per heavy atom. The number of hydrogen-bond acceptors (Lipinski definition) is 2. The summed E-state index contributed by atoms with van der Waals surface area (Å²) in [5, 5.41) is 9.34. The molecule has 1 atom stereocenters. The van der Waals surface area contributed by atoms with E-state index in [1.54, 1.807) is 6.92 Å². The predicted octanol–water partition coefficient (Wildman–Crippen LogP) is 3.06. The third kappa shape index (κ3) is 3.18. The van der Waals surface area contributed by atoms with E-state index in [4.69, 9.17) is 5.73 Å². The van der Waals surface area contributed by atoms with Crippen molar-refractivity contribution in [3.63, 3.8) is 0 Å². The number of benzene rings is 1. The van der Waals surface area contributed by atoms with Gasteiger partial charge in [0.25, 0.3) is 0 Å². The molecule has 0 aliphatic carbocycles. The average Bonchev–Trinajstić information content (AvgIpc) is 2.11. The molecule has 0 bridgehead atoms. The zero-order valence-corrected chi connectivity index (χ0v) is 9.65. The van der Waals surface area contributed by atoms with E-state index in [1.165, 1.54) is 0 Å². The molecule has 0 fully saturated rings. The second-order valence-corrected chi connectivity index (χ2v) is 3.56. The molecule has 0 aliphatic rings. The third-order valence-corrected chi connectivity index (χ3v) is 2.05. The third-order valence-electron chi connectivity index (χ3n) is 2.05. The van der Waals surface area contributed by atoms with Crippen LogP contribution in [0.2, 0.25) is 0 Å². The highest BCUT2D eigenvalue weighted by Gasteiger charge is 2.19. The first-order valence-corrected chi connectivity index (χ1v) is 4.50. The van der Waals surface area contributed by atoms with Crippen molar-refractivity contribution in [3.8, 4) is 5.75 Å². The molecule has 0 aromatic heterocycles. The fourth-order valence-corrected chi connectivity index (χ4v) is 1.39. The second-order valence-electron chi connectivity index (χ2n) is 3.56. The number of phenols is 1. The Kier molecular flexibility index (Phi) is 5.41. The van der Waals surface area contributed by atoms with Gasteiger partial charge in [0, 0.05) is 11.6 Å². The molecule has 0 amide bonds. The number of phenolic OH excluding ortho intramolecular Hbond substituents is 1. The Hall–Kier alpha value is -1.13. The summed E-state index contributed by atoms with van der Waals surface area (Å²) < 4.78 is 26.3. The van der Waals surface area contributed by atoms with Crippen molar-refractivity contribution in [2.24, 2.45) is 5.73 Å². The first kappa shape index (κ1) is 14.9. The average molecular weight is 250 g/mol. The Bertz CT molecular complexity index is 396. The van der Waals surface area contributed by atoms with Gasteiger partial charge in [0.2, 0.25) is 0 Å². The highest BCUT2D eigenvalue weighted by molar-refractivity contribution is 5.85. The van der Waals surface area contributed by atoms with Gasteiger partial charge < -0.3 is 10.8 Å². The van der Waals surface area contributed by atoms with Gasteiger partial charge in [-0.05, 0) is 25.5 Å². The molecule has 0 heterocycles. The van der Waals surface area contributed by atoms with Crippen LogP contribution in [-0.2, 0) is 0 Å². The van der Waals surface area contributed by atoms with Crippen molar-refractivity contribution in [3.05, 3.63) is 41.5 Å². The van der Waals surface area contributed by atoms with E-state index in [2.05, 4.69) is 6.58 Å². The lowest BCUT2D eigenvalue weighted by Gasteiger charge is -2.14. The van der Waals surface area contributed by atoms with Crippen LogP contribution in [0.5, 0.6) is 5.75 Å². The Morgan fingerprint density at radius 1 is 1.44 bits per heavy atom. The molecule has 5 heteroatoms. The summed E-state index contributed by atoms with van der Waals surface area (Å²) in [6.45, 7) is 5.35. The van der Waals surface area contributed by atoms with Crippen LogP contribution in [0.25, 0.3) is 0 Å². The topological polar surface area (TPSA) is 46.2 Å². The molecule has 0 spiro atoms. The summed E-state index contributed by atoms with van der Waals surface area (Å²) in [6.07, 6.45) is 0.300. The SMILES string of the molecule is C=C(C)C[C@@H](N)c1c(F)ccc(F)c1O.Cl. The normalized spacial score (nSPS) is 11.8. The minimum Gasteiger partial charge on any atom is -0.505 e. The van der Waals surface area contributed by atoms with Gasteiger partial charge in [0.15, 0.2) is 11.6 Å². The molecule has 0 aliphatic heterocycles. The lowest BCUT2D eigenvalue weighted by Crippen LogP contribution is -2.13. The van der Waals surface area contributed by atoms with Crippen LogP contribution in [0.1, 0.15) is 24.9 Å². The molecule has 0 saturated heterocycles. The van der Waals surface area contributed by atoms with Crippen molar-refractivity contribution in [1.29, 1.82) is 0 Å². The van der Waals surface area contributed by atoms with Gasteiger partial charge in [-0.15, -0.1) is 19.0 Å². The molecule has 3 N–H and O–H groups in total. The smallest absolute Gasteiger partial charge is 0.165 e. The summed E-state index contributed by atoms with van der Waals surface area (Å²) in [5.41, 5.74) is 6.18. The van der Waals surface area contributed by atoms with Gasteiger partial charge in [-0.1, -0.05) is 5.57 Å². The summed E-state index contributed by atoms with van der Waals surface area (Å²) in [4.78, 5) is 0. The van der Waals surface area contributed by atoms with Crippen LogP contribution in [0, 0.1) is 11.6 Å². The monoisotopic (exact) mass is 249 g/mol. The molecular formula is C11H14ClF2NO. The van der Waals surface area contributed by atoms with Crippen molar-refractivity contribution < 1.29 is 13.9 Å². The summed E-state index contributed by atoms with van der Waals surface area (Å²) in [7, 11) is 0. The van der Waals surface area contributed by atoms with E-state index >= 15 is 0 Å². The lowest BCUT2D eigenvalue weighted by atomic mass is 9.99. The maximum Gasteiger partial charge on any atom is 0.165 e. The molecule has 0 unspecified atom stereocenters. The zero-order valence-electron chi connectivity index (χ0n) is 8.84. The maximum atomic E-state index is 13.3. The highest BCUT2D eigenvalue weighted by atomic mass is 35.5. The molecule has 2 nitrogen and oxygen atoms in total. The van der Waals surface area contributed by atoms with Gasteiger partial charge in [-0.2, -0.15) is 0 Å². The Morgan fingerprint density at radius 3 is 2.44 bits per heavy atom. The first-order valence-electron chi connectivity index (χ1n) is 4.50. The quantitative estimate of drug-likeness (QED) is 0.809. The largest absolute Gasteiger partial charge is 0.505 e. The van der Waals surface area contributed by atoms with E-state index < -0.39 is 23.4 Å².